The lowest BCUT2D eigenvalue weighted by atomic mass is 10.1. The molecule has 0 bridgehead atoms. The van der Waals surface area contributed by atoms with Gasteiger partial charge in [0.25, 0.3) is 11.8 Å². The minimum absolute atomic E-state index is 0.0171. The number of thiocarbonyl (C=S) groups is 1. The van der Waals surface area contributed by atoms with Crippen LogP contribution in [-0.2, 0) is 16.2 Å². The van der Waals surface area contributed by atoms with Gasteiger partial charge in [-0.2, -0.15) is 0 Å². The second-order valence-corrected chi connectivity index (χ2v) is 9.23. The predicted molar refractivity (Wildman–Crippen MR) is 137 cm³/mol. The summed E-state index contributed by atoms with van der Waals surface area (Å²) in [5.41, 5.74) is 1.42. The highest BCUT2D eigenvalue weighted by atomic mass is 127. The zero-order valence-electron chi connectivity index (χ0n) is 17.4. The topological polar surface area (TPSA) is 59.1 Å². The molecule has 2 aromatic carbocycles. The number of rotatable bonds is 6. The van der Waals surface area contributed by atoms with Crippen LogP contribution in [0.3, 0.4) is 0 Å². The van der Waals surface area contributed by atoms with E-state index >= 15 is 0 Å². The van der Waals surface area contributed by atoms with Crippen molar-refractivity contribution in [3.8, 4) is 11.5 Å². The van der Waals surface area contributed by atoms with Crippen molar-refractivity contribution >= 4 is 81.0 Å². The molecule has 2 aromatic rings. The maximum atomic E-state index is 12.6. The number of halogens is 3. The molecule has 1 heterocycles. The molecular weight excluding hydrogens is 586 g/mol. The fraction of sp³-hybridized carbons (Fsp3) is 0.227. The van der Waals surface area contributed by atoms with Crippen LogP contribution in [0.1, 0.15) is 18.1 Å². The van der Waals surface area contributed by atoms with E-state index in [9.17, 15) is 9.59 Å². The number of carbonyl (C=O) groups excluding carboxylic acids is 2. The molecule has 0 N–H and O–H groups in total. The van der Waals surface area contributed by atoms with Crippen LogP contribution in [0.5, 0.6) is 11.5 Å². The third kappa shape index (κ3) is 5.19. The summed E-state index contributed by atoms with van der Waals surface area (Å²) in [4.78, 5) is 27.8. The molecule has 0 aliphatic carbocycles. The van der Waals surface area contributed by atoms with Gasteiger partial charge in [-0.05, 0) is 77.6 Å². The first-order valence-electron chi connectivity index (χ1n) is 9.48. The first kappa shape index (κ1) is 24.8. The molecule has 0 atom stereocenters. The molecule has 1 fully saturated rings. The molecule has 2 amide bonds. The van der Waals surface area contributed by atoms with Gasteiger partial charge in [0.05, 0.1) is 10.2 Å². The highest BCUT2D eigenvalue weighted by Gasteiger charge is 2.35. The normalized spacial score (nSPS) is 14.2. The second-order valence-electron chi connectivity index (χ2n) is 6.86. The lowest BCUT2D eigenvalue weighted by molar-refractivity contribution is -0.132. The van der Waals surface area contributed by atoms with E-state index in [0.29, 0.717) is 33.7 Å². The van der Waals surface area contributed by atoms with Gasteiger partial charge in [0, 0.05) is 29.7 Å². The average Bonchev–Trinajstić information content (AvgIpc) is 2.75. The fourth-order valence-corrected chi connectivity index (χ4v) is 4.41. The number of carbonyl (C=O) groups is 2. The predicted octanol–water partition coefficient (Wildman–Crippen LogP) is 5.17. The second kappa shape index (κ2) is 10.4. The number of likely N-dealkylation sites (N-methyl/N-ethyl adjacent to an activating group) is 2. The fourth-order valence-electron chi connectivity index (χ4n) is 3.00. The maximum Gasteiger partial charge on any atom is 0.265 e. The van der Waals surface area contributed by atoms with E-state index in [1.165, 1.54) is 30.0 Å². The van der Waals surface area contributed by atoms with Crippen molar-refractivity contribution in [3.63, 3.8) is 0 Å². The summed E-state index contributed by atoms with van der Waals surface area (Å²) >= 11 is 19.5. The Bertz CT molecular complexity index is 1110. The van der Waals surface area contributed by atoms with E-state index in [4.69, 9.17) is 44.9 Å². The van der Waals surface area contributed by atoms with Crippen molar-refractivity contribution < 1.29 is 19.1 Å². The molecule has 32 heavy (non-hydrogen) atoms. The molecule has 0 unspecified atom stereocenters. The standard InChI is InChI=1S/C22H19Cl2IN2O4S/c1-4-30-18-9-12(7-15-20(28)26(2)22(32)27(3)21(15)29)8-17(25)19(18)31-11-13-5-6-14(23)10-16(13)24/h5-10H,4,11H2,1-3H3. The maximum absolute atomic E-state index is 12.6. The molecule has 10 heteroatoms. The smallest absolute Gasteiger partial charge is 0.265 e. The summed E-state index contributed by atoms with van der Waals surface area (Å²) in [5.74, 6) is 0.120. The highest BCUT2D eigenvalue weighted by Crippen LogP contribution is 2.36. The number of nitrogens with zero attached hydrogens (tertiary/aromatic N) is 2. The summed E-state index contributed by atoms with van der Waals surface area (Å²) in [5, 5.41) is 1.21. The van der Waals surface area contributed by atoms with Crippen LogP contribution in [0.2, 0.25) is 10.0 Å². The number of hydrogen-bond acceptors (Lipinski definition) is 5. The van der Waals surface area contributed by atoms with Gasteiger partial charge in [0.1, 0.15) is 12.2 Å². The van der Waals surface area contributed by atoms with Crippen molar-refractivity contribution in [3.05, 3.63) is 60.6 Å². The minimum atomic E-state index is -0.455. The summed E-state index contributed by atoms with van der Waals surface area (Å²) < 4.78 is 12.5. The van der Waals surface area contributed by atoms with Gasteiger partial charge in [0.2, 0.25) is 0 Å². The molecule has 168 valence electrons. The Morgan fingerprint density at radius 2 is 1.72 bits per heavy atom. The molecule has 3 rings (SSSR count). The van der Waals surface area contributed by atoms with E-state index in [0.717, 1.165) is 9.13 Å². The lowest BCUT2D eigenvalue weighted by Crippen LogP contribution is -2.52. The average molecular weight is 605 g/mol. The number of hydrogen-bond donors (Lipinski definition) is 0. The molecular formula is C22H19Cl2IN2O4S. The Labute approximate surface area is 215 Å². The van der Waals surface area contributed by atoms with Crippen LogP contribution < -0.4 is 9.47 Å². The summed E-state index contributed by atoms with van der Waals surface area (Å²) in [7, 11) is 3.07. The quantitative estimate of drug-likeness (QED) is 0.197. The van der Waals surface area contributed by atoms with E-state index in [1.54, 1.807) is 24.3 Å². The highest BCUT2D eigenvalue weighted by molar-refractivity contribution is 14.1. The molecule has 6 nitrogen and oxygen atoms in total. The van der Waals surface area contributed by atoms with Crippen LogP contribution in [0.25, 0.3) is 6.08 Å². The Morgan fingerprint density at radius 3 is 2.31 bits per heavy atom. The molecule has 0 aromatic heterocycles. The van der Waals surface area contributed by atoms with Crippen LogP contribution in [-0.4, -0.2) is 47.4 Å². The monoisotopic (exact) mass is 604 g/mol. The van der Waals surface area contributed by atoms with Crippen molar-refractivity contribution in [2.45, 2.75) is 13.5 Å². The van der Waals surface area contributed by atoms with Crippen molar-refractivity contribution in [2.75, 3.05) is 20.7 Å². The number of ether oxygens (including phenoxy) is 2. The van der Waals surface area contributed by atoms with Crippen molar-refractivity contribution in [2.24, 2.45) is 0 Å². The summed E-state index contributed by atoms with van der Waals surface area (Å²) in [6, 6.07) is 8.73. The van der Waals surface area contributed by atoms with Crippen molar-refractivity contribution in [1.29, 1.82) is 0 Å². The zero-order chi connectivity index (χ0) is 23.6. The Morgan fingerprint density at radius 1 is 1.06 bits per heavy atom. The van der Waals surface area contributed by atoms with Gasteiger partial charge >= 0.3 is 0 Å². The lowest BCUT2D eigenvalue weighted by Gasteiger charge is -2.31. The first-order valence-corrected chi connectivity index (χ1v) is 11.7. The largest absolute Gasteiger partial charge is 0.490 e. The molecule has 0 spiro atoms. The van der Waals surface area contributed by atoms with Gasteiger partial charge in [-0.1, -0.05) is 29.3 Å². The summed E-state index contributed by atoms with van der Waals surface area (Å²) in [6.07, 6.45) is 1.53. The van der Waals surface area contributed by atoms with Crippen molar-refractivity contribution in [1.82, 2.24) is 9.80 Å². The molecule has 1 aliphatic heterocycles. The molecule has 1 aliphatic rings. The Balaban J connectivity index is 1.94. The van der Waals surface area contributed by atoms with Crippen LogP contribution in [0.4, 0.5) is 0 Å². The van der Waals surface area contributed by atoms with Gasteiger partial charge < -0.3 is 9.47 Å². The summed E-state index contributed by atoms with van der Waals surface area (Å²) in [6.45, 7) is 2.49. The Hall–Kier alpha value is -1.88. The molecule has 1 saturated heterocycles. The van der Waals surface area contributed by atoms with E-state index in [1.807, 2.05) is 13.0 Å². The van der Waals surface area contributed by atoms with E-state index in [-0.39, 0.29) is 17.3 Å². The van der Waals surface area contributed by atoms with Crippen LogP contribution in [0, 0.1) is 3.57 Å². The zero-order valence-corrected chi connectivity index (χ0v) is 21.9. The van der Waals surface area contributed by atoms with E-state index < -0.39 is 11.8 Å². The van der Waals surface area contributed by atoms with Gasteiger partial charge in [0.15, 0.2) is 16.6 Å². The van der Waals surface area contributed by atoms with Gasteiger partial charge in [-0.25, -0.2) is 0 Å². The third-order valence-corrected chi connectivity index (χ3v) is 6.61. The first-order chi connectivity index (χ1) is 15.1. The number of benzene rings is 2. The molecule has 0 radical (unpaired) electrons. The van der Waals surface area contributed by atoms with E-state index in [2.05, 4.69) is 22.6 Å². The SMILES string of the molecule is CCOc1cc(C=C2C(=O)N(C)C(=S)N(C)C2=O)cc(I)c1OCc1ccc(Cl)cc1Cl. The van der Waals surface area contributed by atoms with Gasteiger partial charge in [-0.3, -0.25) is 19.4 Å². The molecule has 0 saturated carbocycles. The third-order valence-electron chi connectivity index (χ3n) is 4.67. The number of amides is 2. The Kier molecular flexibility index (Phi) is 8.02. The minimum Gasteiger partial charge on any atom is -0.490 e. The van der Waals surface area contributed by atoms with Crippen LogP contribution in [0.15, 0.2) is 35.9 Å². The van der Waals surface area contributed by atoms with Gasteiger partial charge in [-0.15, -0.1) is 0 Å². The van der Waals surface area contributed by atoms with Crippen LogP contribution >= 0.6 is 58.0 Å².